The number of nitrogens with zero attached hydrogens (tertiary/aromatic N) is 1. The van der Waals surface area contributed by atoms with Crippen LogP contribution in [0.5, 0.6) is 11.5 Å². The third-order valence-electron chi connectivity index (χ3n) is 3.22. The van der Waals surface area contributed by atoms with Gasteiger partial charge in [0.15, 0.2) is 0 Å². The van der Waals surface area contributed by atoms with E-state index in [-0.39, 0.29) is 17.5 Å². The first-order chi connectivity index (χ1) is 9.08. The van der Waals surface area contributed by atoms with Crippen molar-refractivity contribution in [2.24, 2.45) is 0 Å². The molecule has 0 aliphatic carbocycles. The Morgan fingerprint density at radius 2 is 2.05 bits per heavy atom. The number of rotatable bonds is 4. The molecular formula is C15H18N2O2. The Hall–Kier alpha value is -2.07. The van der Waals surface area contributed by atoms with Gasteiger partial charge in [-0.1, -0.05) is 6.07 Å². The number of benzene rings is 1. The quantitative estimate of drug-likeness (QED) is 0.788. The van der Waals surface area contributed by atoms with Crippen molar-refractivity contribution in [1.29, 1.82) is 0 Å². The first-order valence-corrected chi connectivity index (χ1v) is 6.22. The van der Waals surface area contributed by atoms with E-state index in [2.05, 4.69) is 10.3 Å². The van der Waals surface area contributed by atoms with Crippen LogP contribution in [-0.2, 0) is 6.54 Å². The molecule has 0 saturated heterocycles. The van der Waals surface area contributed by atoms with Gasteiger partial charge in [0.05, 0.1) is 0 Å². The lowest BCUT2D eigenvalue weighted by Crippen LogP contribution is -2.18. The fraction of sp³-hybridized carbons (Fsp3) is 0.267. The Kier molecular flexibility index (Phi) is 4.02. The zero-order valence-electron chi connectivity index (χ0n) is 11.1. The van der Waals surface area contributed by atoms with Crippen molar-refractivity contribution < 1.29 is 10.2 Å². The van der Waals surface area contributed by atoms with Crippen molar-refractivity contribution in [2.75, 3.05) is 0 Å². The largest absolute Gasteiger partial charge is 0.508 e. The molecule has 0 radical (unpaired) electrons. The van der Waals surface area contributed by atoms with Gasteiger partial charge in [0.2, 0.25) is 0 Å². The first-order valence-electron chi connectivity index (χ1n) is 6.22. The molecule has 0 saturated carbocycles. The number of hydrogen-bond acceptors (Lipinski definition) is 4. The van der Waals surface area contributed by atoms with Crippen molar-refractivity contribution in [1.82, 2.24) is 10.3 Å². The number of nitrogens with one attached hydrogen (secondary N) is 1. The topological polar surface area (TPSA) is 65.4 Å². The van der Waals surface area contributed by atoms with Crippen molar-refractivity contribution >= 4 is 0 Å². The number of pyridine rings is 1. The normalized spacial score (nSPS) is 12.3. The predicted octanol–water partition coefficient (Wildman–Crippen LogP) is 2.65. The molecular weight excluding hydrogens is 240 g/mol. The third-order valence-corrected chi connectivity index (χ3v) is 3.22. The van der Waals surface area contributed by atoms with Gasteiger partial charge in [-0.05, 0) is 37.1 Å². The number of phenolic OH excluding ortho intramolecular Hbond substituents is 2. The van der Waals surface area contributed by atoms with Gasteiger partial charge < -0.3 is 15.5 Å². The summed E-state index contributed by atoms with van der Waals surface area (Å²) in [6.45, 7) is 4.70. The molecule has 2 aromatic rings. The van der Waals surface area contributed by atoms with Crippen LogP contribution in [0.25, 0.3) is 0 Å². The maximum Gasteiger partial charge on any atom is 0.124 e. The van der Waals surface area contributed by atoms with E-state index in [1.165, 1.54) is 11.6 Å². The van der Waals surface area contributed by atoms with Crippen molar-refractivity contribution in [3.05, 3.63) is 53.3 Å². The Bertz CT molecular complexity index is 570. The number of aryl methyl sites for hydroxylation is 1. The summed E-state index contributed by atoms with van der Waals surface area (Å²) in [6.07, 6.45) is 3.60. The van der Waals surface area contributed by atoms with Crippen molar-refractivity contribution in [3.63, 3.8) is 0 Å². The number of aromatic hydroxyl groups is 2. The second kappa shape index (κ2) is 5.71. The molecule has 0 aliphatic heterocycles. The number of aromatic nitrogens is 1. The average Bonchev–Trinajstić information content (AvgIpc) is 2.37. The molecule has 19 heavy (non-hydrogen) atoms. The monoisotopic (exact) mass is 258 g/mol. The zero-order chi connectivity index (χ0) is 13.8. The average molecular weight is 258 g/mol. The molecule has 1 atom stereocenters. The molecule has 0 bridgehead atoms. The predicted molar refractivity (Wildman–Crippen MR) is 74.0 cm³/mol. The van der Waals surface area contributed by atoms with Crippen LogP contribution in [0.15, 0.2) is 36.7 Å². The molecule has 1 aromatic carbocycles. The molecule has 0 fully saturated rings. The highest BCUT2D eigenvalue weighted by molar-refractivity contribution is 5.40. The molecule has 1 unspecified atom stereocenters. The molecule has 4 heteroatoms. The van der Waals surface area contributed by atoms with E-state index in [1.807, 2.05) is 26.1 Å². The van der Waals surface area contributed by atoms with Crippen LogP contribution in [0, 0.1) is 6.92 Å². The summed E-state index contributed by atoms with van der Waals surface area (Å²) in [5, 5.41) is 22.4. The highest BCUT2D eigenvalue weighted by Gasteiger charge is 2.10. The SMILES string of the molecule is Cc1cnccc1CNC(C)c1ccc(O)cc1O. The van der Waals surface area contributed by atoms with Gasteiger partial charge in [-0.2, -0.15) is 0 Å². The lowest BCUT2D eigenvalue weighted by Gasteiger charge is -2.16. The standard InChI is InChI=1S/C15H18N2O2/c1-10-8-16-6-5-12(10)9-17-11(2)14-4-3-13(18)7-15(14)19/h3-8,11,17-19H,9H2,1-2H3. The van der Waals surface area contributed by atoms with E-state index in [4.69, 9.17) is 0 Å². The minimum absolute atomic E-state index is 0.00633. The van der Waals surface area contributed by atoms with E-state index >= 15 is 0 Å². The summed E-state index contributed by atoms with van der Waals surface area (Å²) < 4.78 is 0. The molecule has 0 aliphatic rings. The molecule has 2 rings (SSSR count). The van der Waals surface area contributed by atoms with Crippen LogP contribution in [0.3, 0.4) is 0 Å². The van der Waals surface area contributed by atoms with E-state index in [0.717, 1.165) is 11.1 Å². The van der Waals surface area contributed by atoms with E-state index in [0.29, 0.717) is 6.54 Å². The van der Waals surface area contributed by atoms with Crippen LogP contribution in [0.4, 0.5) is 0 Å². The zero-order valence-corrected chi connectivity index (χ0v) is 11.1. The van der Waals surface area contributed by atoms with Gasteiger partial charge in [-0.15, -0.1) is 0 Å². The molecule has 3 N–H and O–H groups in total. The van der Waals surface area contributed by atoms with Crippen LogP contribution in [0.1, 0.15) is 29.7 Å². The smallest absolute Gasteiger partial charge is 0.124 e. The Morgan fingerprint density at radius 1 is 1.26 bits per heavy atom. The lowest BCUT2D eigenvalue weighted by atomic mass is 10.1. The Balaban J connectivity index is 2.05. The van der Waals surface area contributed by atoms with E-state index < -0.39 is 0 Å². The second-order valence-corrected chi connectivity index (χ2v) is 4.65. The minimum Gasteiger partial charge on any atom is -0.508 e. The summed E-state index contributed by atoms with van der Waals surface area (Å²) in [4.78, 5) is 4.06. The first kappa shape index (κ1) is 13.4. The maximum absolute atomic E-state index is 9.80. The Labute approximate surface area is 112 Å². The van der Waals surface area contributed by atoms with Gasteiger partial charge in [-0.25, -0.2) is 0 Å². The molecule has 4 nitrogen and oxygen atoms in total. The van der Waals surface area contributed by atoms with Gasteiger partial charge in [0.1, 0.15) is 11.5 Å². The summed E-state index contributed by atoms with van der Waals surface area (Å²) in [5.41, 5.74) is 3.08. The highest BCUT2D eigenvalue weighted by atomic mass is 16.3. The summed E-state index contributed by atoms with van der Waals surface area (Å²) >= 11 is 0. The van der Waals surface area contributed by atoms with Crippen LogP contribution < -0.4 is 5.32 Å². The fourth-order valence-corrected chi connectivity index (χ4v) is 1.97. The molecule has 100 valence electrons. The lowest BCUT2D eigenvalue weighted by molar-refractivity contribution is 0.436. The minimum atomic E-state index is -0.00633. The van der Waals surface area contributed by atoms with Crippen LogP contribution in [0.2, 0.25) is 0 Å². The number of hydrogen-bond donors (Lipinski definition) is 3. The van der Waals surface area contributed by atoms with Gasteiger partial charge in [-0.3, -0.25) is 4.98 Å². The second-order valence-electron chi connectivity index (χ2n) is 4.65. The summed E-state index contributed by atoms with van der Waals surface area (Å²) in [6, 6.07) is 6.62. The number of phenols is 2. The van der Waals surface area contributed by atoms with Crippen LogP contribution >= 0.6 is 0 Å². The summed E-state index contributed by atoms with van der Waals surface area (Å²) in [5.74, 6) is 0.171. The van der Waals surface area contributed by atoms with E-state index in [9.17, 15) is 10.2 Å². The van der Waals surface area contributed by atoms with E-state index in [1.54, 1.807) is 18.3 Å². The Morgan fingerprint density at radius 3 is 2.74 bits per heavy atom. The molecule has 0 amide bonds. The molecule has 0 spiro atoms. The molecule has 1 aromatic heterocycles. The van der Waals surface area contributed by atoms with Crippen LogP contribution in [-0.4, -0.2) is 15.2 Å². The third kappa shape index (κ3) is 3.23. The van der Waals surface area contributed by atoms with Crippen molar-refractivity contribution in [3.8, 4) is 11.5 Å². The molecule has 1 heterocycles. The highest BCUT2D eigenvalue weighted by Crippen LogP contribution is 2.27. The van der Waals surface area contributed by atoms with Crippen molar-refractivity contribution in [2.45, 2.75) is 26.4 Å². The van der Waals surface area contributed by atoms with Gasteiger partial charge >= 0.3 is 0 Å². The fourth-order valence-electron chi connectivity index (χ4n) is 1.97. The maximum atomic E-state index is 9.80. The van der Waals surface area contributed by atoms with Gasteiger partial charge in [0, 0.05) is 36.6 Å². The summed E-state index contributed by atoms with van der Waals surface area (Å²) in [7, 11) is 0. The van der Waals surface area contributed by atoms with Gasteiger partial charge in [0.25, 0.3) is 0 Å².